The van der Waals surface area contributed by atoms with Crippen LogP contribution in [-0.4, -0.2) is 4.98 Å². The molecule has 0 N–H and O–H groups in total. The molecule has 6 rings (SSSR count). The van der Waals surface area contributed by atoms with Crippen LogP contribution in [0.3, 0.4) is 0 Å². The number of fused-ring (bicyclic) bond motifs is 5. The van der Waals surface area contributed by atoms with Gasteiger partial charge >= 0.3 is 0 Å². The first-order chi connectivity index (χ1) is 13.4. The van der Waals surface area contributed by atoms with Crippen molar-refractivity contribution in [1.82, 2.24) is 4.98 Å². The van der Waals surface area contributed by atoms with Gasteiger partial charge in [0.2, 0.25) is 0 Å². The van der Waals surface area contributed by atoms with E-state index in [9.17, 15) is 0 Å². The number of para-hydroxylation sites is 1. The summed E-state index contributed by atoms with van der Waals surface area (Å²) in [7, 11) is 0. The molecule has 0 bridgehead atoms. The van der Waals surface area contributed by atoms with Crippen molar-refractivity contribution in [1.29, 1.82) is 0 Å². The molecule has 4 aromatic carbocycles. The van der Waals surface area contributed by atoms with Gasteiger partial charge in [0.25, 0.3) is 0 Å². The molecule has 27 heavy (non-hydrogen) atoms. The highest BCUT2D eigenvalue weighted by atomic mass is 16.3. The number of furan rings is 1. The minimum absolute atomic E-state index is 0.852. The van der Waals surface area contributed by atoms with Crippen LogP contribution < -0.4 is 0 Å². The first-order valence-electron chi connectivity index (χ1n) is 9.08. The highest BCUT2D eigenvalue weighted by molar-refractivity contribution is 6.16. The third-order valence-electron chi connectivity index (χ3n) is 5.22. The summed E-state index contributed by atoms with van der Waals surface area (Å²) < 4.78 is 6.30. The number of nitrogens with zero attached hydrogens (tertiary/aromatic N) is 1. The summed E-state index contributed by atoms with van der Waals surface area (Å²) in [4.78, 5) is 5.01. The van der Waals surface area contributed by atoms with Gasteiger partial charge in [-0.3, -0.25) is 0 Å². The Morgan fingerprint density at radius 3 is 2.19 bits per heavy atom. The lowest BCUT2D eigenvalue weighted by Crippen LogP contribution is -1.88. The van der Waals surface area contributed by atoms with Gasteiger partial charge in [0.15, 0.2) is 5.58 Å². The second-order valence-electron chi connectivity index (χ2n) is 6.85. The minimum Gasteiger partial charge on any atom is -0.454 e. The molecule has 2 nitrogen and oxygen atoms in total. The van der Waals surface area contributed by atoms with Gasteiger partial charge in [-0.2, -0.15) is 0 Å². The summed E-state index contributed by atoms with van der Waals surface area (Å²) in [5.74, 6) is 0. The van der Waals surface area contributed by atoms with Crippen LogP contribution in [0.25, 0.3) is 54.9 Å². The largest absolute Gasteiger partial charge is 0.454 e. The van der Waals surface area contributed by atoms with Gasteiger partial charge < -0.3 is 4.42 Å². The number of pyridine rings is 1. The van der Waals surface area contributed by atoms with Crippen molar-refractivity contribution < 1.29 is 4.42 Å². The summed E-state index contributed by atoms with van der Waals surface area (Å²) in [6.07, 6.45) is 0. The highest BCUT2D eigenvalue weighted by Crippen LogP contribution is 2.40. The smallest absolute Gasteiger partial charge is 0.162 e. The molecular weight excluding hydrogens is 330 g/mol. The summed E-state index contributed by atoms with van der Waals surface area (Å²) in [6, 6.07) is 31.4. The van der Waals surface area contributed by atoms with Crippen molar-refractivity contribution in [3.05, 3.63) is 91.0 Å². The molecule has 0 aliphatic heterocycles. The molecule has 0 aliphatic rings. The van der Waals surface area contributed by atoms with Crippen molar-refractivity contribution in [2.45, 2.75) is 0 Å². The fourth-order valence-corrected chi connectivity index (χ4v) is 3.97. The second-order valence-corrected chi connectivity index (χ2v) is 6.85. The predicted molar refractivity (Wildman–Crippen MR) is 112 cm³/mol. The van der Waals surface area contributed by atoms with E-state index in [-0.39, 0.29) is 0 Å². The number of hydrogen-bond donors (Lipinski definition) is 0. The molecule has 6 aromatic rings. The van der Waals surface area contributed by atoms with Gasteiger partial charge in [-0.05, 0) is 40.6 Å². The SMILES string of the molecule is c1ccc(-c2c3cc4ccccc4cc3nc3c2oc2ccccc23)cc1. The summed E-state index contributed by atoms with van der Waals surface area (Å²) in [6.45, 7) is 0. The molecule has 0 saturated carbocycles. The number of benzene rings is 4. The third kappa shape index (κ3) is 2.10. The van der Waals surface area contributed by atoms with Gasteiger partial charge in [-0.1, -0.05) is 66.7 Å². The molecule has 0 amide bonds. The van der Waals surface area contributed by atoms with Gasteiger partial charge in [0, 0.05) is 16.3 Å². The topological polar surface area (TPSA) is 26.0 Å². The lowest BCUT2D eigenvalue weighted by molar-refractivity contribution is 0.670. The van der Waals surface area contributed by atoms with Crippen LogP contribution in [0.4, 0.5) is 0 Å². The van der Waals surface area contributed by atoms with Crippen molar-refractivity contribution >= 4 is 43.7 Å². The Balaban J connectivity index is 1.89. The maximum absolute atomic E-state index is 6.30. The molecule has 0 spiro atoms. The Morgan fingerprint density at radius 1 is 0.630 bits per heavy atom. The molecule has 126 valence electrons. The van der Waals surface area contributed by atoms with Crippen LogP contribution in [0.5, 0.6) is 0 Å². The lowest BCUT2D eigenvalue weighted by atomic mass is 9.97. The van der Waals surface area contributed by atoms with Crippen molar-refractivity contribution in [3.63, 3.8) is 0 Å². The van der Waals surface area contributed by atoms with Crippen molar-refractivity contribution in [2.24, 2.45) is 0 Å². The van der Waals surface area contributed by atoms with Gasteiger partial charge in [-0.15, -0.1) is 0 Å². The fourth-order valence-electron chi connectivity index (χ4n) is 3.97. The minimum atomic E-state index is 0.852. The van der Waals surface area contributed by atoms with E-state index < -0.39 is 0 Å². The predicted octanol–water partition coefficient (Wildman–Crippen LogP) is 6.95. The van der Waals surface area contributed by atoms with E-state index in [1.807, 2.05) is 24.3 Å². The zero-order chi connectivity index (χ0) is 17.8. The molecule has 0 unspecified atom stereocenters. The number of aromatic nitrogens is 1. The summed E-state index contributed by atoms with van der Waals surface area (Å²) in [5.41, 5.74) is 5.89. The van der Waals surface area contributed by atoms with E-state index >= 15 is 0 Å². The van der Waals surface area contributed by atoms with Crippen LogP contribution >= 0.6 is 0 Å². The first kappa shape index (κ1) is 14.5. The zero-order valence-electron chi connectivity index (χ0n) is 14.5. The molecule has 0 fully saturated rings. The summed E-state index contributed by atoms with van der Waals surface area (Å²) >= 11 is 0. The Bertz CT molecular complexity index is 1460. The van der Waals surface area contributed by atoms with Gasteiger partial charge in [-0.25, -0.2) is 4.98 Å². The fraction of sp³-hybridized carbons (Fsp3) is 0. The Morgan fingerprint density at radius 2 is 1.33 bits per heavy atom. The van der Waals surface area contributed by atoms with E-state index in [1.165, 1.54) is 10.8 Å². The molecule has 0 atom stereocenters. The molecule has 2 aromatic heterocycles. The van der Waals surface area contributed by atoms with Crippen LogP contribution in [0.2, 0.25) is 0 Å². The standard InChI is InChI=1S/C25H15NO/c1-2-8-16(9-3-1)23-20-14-17-10-4-5-11-18(17)15-21(20)26-24-19-12-6-7-13-22(19)27-25(23)24/h1-15H. The van der Waals surface area contributed by atoms with E-state index in [0.717, 1.165) is 44.1 Å². The zero-order valence-corrected chi connectivity index (χ0v) is 14.5. The molecular formula is C25H15NO. The molecule has 2 heteroatoms. The van der Waals surface area contributed by atoms with E-state index in [4.69, 9.17) is 9.40 Å². The number of rotatable bonds is 1. The lowest BCUT2D eigenvalue weighted by Gasteiger charge is -2.09. The Hall–Kier alpha value is -3.65. The van der Waals surface area contributed by atoms with E-state index in [2.05, 4.69) is 66.7 Å². The normalized spacial score (nSPS) is 11.7. The Labute approximate surface area is 155 Å². The number of hydrogen-bond acceptors (Lipinski definition) is 2. The van der Waals surface area contributed by atoms with E-state index in [1.54, 1.807) is 0 Å². The van der Waals surface area contributed by atoms with Crippen molar-refractivity contribution in [2.75, 3.05) is 0 Å². The average molecular weight is 345 g/mol. The van der Waals surface area contributed by atoms with Crippen LogP contribution in [0.1, 0.15) is 0 Å². The highest BCUT2D eigenvalue weighted by Gasteiger charge is 2.17. The molecule has 0 saturated heterocycles. The van der Waals surface area contributed by atoms with Gasteiger partial charge in [0.05, 0.1) is 5.52 Å². The average Bonchev–Trinajstić information content (AvgIpc) is 3.09. The van der Waals surface area contributed by atoms with Gasteiger partial charge in [0.1, 0.15) is 11.1 Å². The van der Waals surface area contributed by atoms with E-state index in [0.29, 0.717) is 0 Å². The van der Waals surface area contributed by atoms with Crippen molar-refractivity contribution in [3.8, 4) is 11.1 Å². The first-order valence-corrected chi connectivity index (χ1v) is 9.08. The molecule has 0 aliphatic carbocycles. The quantitative estimate of drug-likeness (QED) is 0.301. The summed E-state index contributed by atoms with van der Waals surface area (Å²) in [5, 5.41) is 4.58. The third-order valence-corrected chi connectivity index (χ3v) is 5.22. The maximum atomic E-state index is 6.30. The molecule has 2 heterocycles. The van der Waals surface area contributed by atoms with Crippen LogP contribution in [-0.2, 0) is 0 Å². The maximum Gasteiger partial charge on any atom is 0.162 e. The van der Waals surface area contributed by atoms with Crippen LogP contribution in [0, 0.1) is 0 Å². The second kappa shape index (κ2) is 5.42. The monoisotopic (exact) mass is 345 g/mol. The van der Waals surface area contributed by atoms with Crippen LogP contribution in [0.15, 0.2) is 95.4 Å². The molecule has 0 radical (unpaired) electrons. The Kier molecular flexibility index (Phi) is 2.91.